The Morgan fingerprint density at radius 3 is 2.55 bits per heavy atom. The van der Waals surface area contributed by atoms with Gasteiger partial charge in [0.25, 0.3) is 0 Å². The Kier molecular flexibility index (Phi) is 5.25. The molecule has 0 amide bonds. The lowest BCUT2D eigenvalue weighted by atomic mass is 10.7. The fourth-order valence-electron chi connectivity index (χ4n) is 0.434. The van der Waals surface area contributed by atoms with Gasteiger partial charge in [-0.2, -0.15) is 0 Å². The molecule has 0 saturated carbocycles. The zero-order chi connectivity index (χ0) is 8.91. The van der Waals surface area contributed by atoms with Crippen molar-refractivity contribution in [3.05, 3.63) is 0 Å². The van der Waals surface area contributed by atoms with Gasteiger partial charge in [-0.25, -0.2) is 4.57 Å². The topological polar surface area (TPSA) is 76.0 Å². The molecular formula is C4H10ClO5P. The maximum atomic E-state index is 10.2. The Balaban J connectivity index is 3.52. The summed E-state index contributed by atoms with van der Waals surface area (Å²) in [5.41, 5.74) is 0. The molecule has 0 saturated heterocycles. The number of halogens is 1. The van der Waals surface area contributed by atoms with Gasteiger partial charge >= 0.3 is 7.82 Å². The zero-order valence-electron chi connectivity index (χ0n) is 5.94. The largest absolute Gasteiger partial charge is 0.471 e. The van der Waals surface area contributed by atoms with Crippen molar-refractivity contribution in [1.82, 2.24) is 0 Å². The van der Waals surface area contributed by atoms with Crippen LogP contribution in [-0.4, -0.2) is 28.6 Å². The number of phosphoric acid groups is 1. The Morgan fingerprint density at radius 2 is 2.18 bits per heavy atom. The summed E-state index contributed by atoms with van der Waals surface area (Å²) in [4.78, 5) is 16.5. The Morgan fingerprint density at radius 1 is 1.64 bits per heavy atom. The number of rotatable bonds is 5. The molecule has 7 heteroatoms. The Hall–Kier alpha value is 0.360. The van der Waals surface area contributed by atoms with E-state index in [1.54, 1.807) is 0 Å². The highest BCUT2D eigenvalue weighted by atomic mass is 35.5. The highest BCUT2D eigenvalue weighted by molar-refractivity contribution is 7.46. The number of phosphoric ester groups is 1. The fourth-order valence-corrected chi connectivity index (χ4v) is 0.971. The molecule has 0 rings (SSSR count). The third-order valence-corrected chi connectivity index (χ3v) is 1.44. The van der Waals surface area contributed by atoms with E-state index < -0.39 is 14.1 Å². The monoisotopic (exact) mass is 204 g/mol. The minimum atomic E-state index is -4.43. The van der Waals surface area contributed by atoms with Crippen LogP contribution in [0, 0.1) is 0 Å². The second kappa shape index (κ2) is 5.09. The summed E-state index contributed by atoms with van der Waals surface area (Å²) in [6.45, 7) is 1.58. The van der Waals surface area contributed by atoms with Crippen molar-refractivity contribution < 1.29 is 23.6 Å². The number of ether oxygens (including phenoxy) is 1. The van der Waals surface area contributed by atoms with E-state index in [4.69, 9.17) is 26.1 Å². The first-order valence-corrected chi connectivity index (χ1v) is 4.93. The number of alkyl halides is 1. The van der Waals surface area contributed by atoms with Crippen molar-refractivity contribution in [2.75, 3.05) is 12.5 Å². The minimum Gasteiger partial charge on any atom is -0.351 e. The van der Waals surface area contributed by atoms with Crippen molar-refractivity contribution in [1.29, 1.82) is 0 Å². The summed E-state index contributed by atoms with van der Waals surface area (Å²) in [5, 5.41) is 0. The first-order chi connectivity index (χ1) is 4.95. The van der Waals surface area contributed by atoms with E-state index in [-0.39, 0.29) is 12.5 Å². The van der Waals surface area contributed by atoms with Crippen LogP contribution in [0.3, 0.4) is 0 Å². The summed E-state index contributed by atoms with van der Waals surface area (Å²) in [7, 11) is -4.43. The molecule has 11 heavy (non-hydrogen) atoms. The first-order valence-electron chi connectivity index (χ1n) is 2.87. The van der Waals surface area contributed by atoms with Gasteiger partial charge in [0.05, 0.1) is 6.61 Å². The molecule has 5 nitrogen and oxygen atoms in total. The van der Waals surface area contributed by atoms with E-state index >= 15 is 0 Å². The Bertz CT molecular complexity index is 145. The molecule has 0 aliphatic heterocycles. The second-order valence-electron chi connectivity index (χ2n) is 1.72. The van der Waals surface area contributed by atoms with Crippen LogP contribution in [0.1, 0.15) is 6.92 Å². The highest BCUT2D eigenvalue weighted by Crippen LogP contribution is 2.37. The molecule has 0 aromatic heterocycles. The average molecular weight is 205 g/mol. The molecule has 0 aliphatic rings. The molecule has 0 aliphatic carbocycles. The van der Waals surface area contributed by atoms with Gasteiger partial charge in [0, 0.05) is 5.88 Å². The number of hydrogen-bond acceptors (Lipinski definition) is 3. The van der Waals surface area contributed by atoms with E-state index in [1.165, 1.54) is 6.92 Å². The minimum absolute atomic E-state index is 0.197. The molecule has 0 bridgehead atoms. The smallest absolute Gasteiger partial charge is 0.351 e. The molecule has 0 spiro atoms. The van der Waals surface area contributed by atoms with Crippen molar-refractivity contribution in [2.24, 2.45) is 0 Å². The van der Waals surface area contributed by atoms with Crippen LogP contribution >= 0.6 is 19.4 Å². The second-order valence-corrected chi connectivity index (χ2v) is 3.29. The van der Waals surface area contributed by atoms with Crippen LogP contribution in [-0.2, 0) is 13.8 Å². The van der Waals surface area contributed by atoms with Crippen LogP contribution in [0.25, 0.3) is 0 Å². The molecular weight excluding hydrogens is 194 g/mol. The van der Waals surface area contributed by atoms with Gasteiger partial charge in [-0.05, 0) is 6.92 Å². The molecule has 1 atom stereocenters. The van der Waals surface area contributed by atoms with Crippen molar-refractivity contribution in [3.63, 3.8) is 0 Å². The highest BCUT2D eigenvalue weighted by Gasteiger charge is 2.18. The number of hydrogen-bond donors (Lipinski definition) is 2. The van der Waals surface area contributed by atoms with Gasteiger partial charge in [-0.3, -0.25) is 4.52 Å². The molecule has 0 aromatic carbocycles. The lowest BCUT2D eigenvalue weighted by Gasteiger charge is -2.12. The van der Waals surface area contributed by atoms with E-state index in [1.807, 2.05) is 0 Å². The van der Waals surface area contributed by atoms with Crippen LogP contribution in [0.5, 0.6) is 0 Å². The van der Waals surface area contributed by atoms with Gasteiger partial charge in [0.1, 0.15) is 0 Å². The van der Waals surface area contributed by atoms with Crippen LogP contribution < -0.4 is 0 Å². The predicted molar refractivity (Wildman–Crippen MR) is 39.3 cm³/mol. The molecule has 0 heterocycles. The van der Waals surface area contributed by atoms with Crippen molar-refractivity contribution in [2.45, 2.75) is 13.2 Å². The van der Waals surface area contributed by atoms with E-state index in [0.717, 1.165) is 0 Å². The van der Waals surface area contributed by atoms with Crippen LogP contribution in [0.2, 0.25) is 0 Å². The summed E-state index contributed by atoms with van der Waals surface area (Å²) in [6, 6.07) is 0. The lowest BCUT2D eigenvalue weighted by molar-refractivity contribution is -0.0738. The maximum Gasteiger partial charge on any atom is 0.471 e. The normalized spacial score (nSPS) is 14.9. The summed E-state index contributed by atoms with van der Waals surface area (Å²) < 4.78 is 19.0. The summed E-state index contributed by atoms with van der Waals surface area (Å²) in [6.07, 6.45) is -0.936. The average Bonchev–Trinajstić information content (AvgIpc) is 1.79. The van der Waals surface area contributed by atoms with Crippen LogP contribution in [0.4, 0.5) is 0 Å². The molecule has 2 N–H and O–H groups in total. The van der Waals surface area contributed by atoms with Crippen LogP contribution in [0.15, 0.2) is 0 Å². The van der Waals surface area contributed by atoms with Gasteiger partial charge in [0.15, 0.2) is 6.29 Å². The third-order valence-electron chi connectivity index (χ3n) is 0.715. The van der Waals surface area contributed by atoms with Crippen molar-refractivity contribution >= 4 is 19.4 Å². The lowest BCUT2D eigenvalue weighted by Crippen LogP contribution is -2.12. The Labute approximate surface area is 69.5 Å². The van der Waals surface area contributed by atoms with Gasteiger partial charge in [-0.1, -0.05) is 0 Å². The predicted octanol–water partition coefficient (Wildman–Crippen LogP) is 0.697. The third kappa shape index (κ3) is 8.26. The van der Waals surface area contributed by atoms with Gasteiger partial charge in [0.2, 0.25) is 0 Å². The van der Waals surface area contributed by atoms with E-state index in [9.17, 15) is 4.57 Å². The van der Waals surface area contributed by atoms with E-state index in [2.05, 4.69) is 4.52 Å². The molecule has 0 fully saturated rings. The maximum absolute atomic E-state index is 10.2. The van der Waals surface area contributed by atoms with E-state index in [0.29, 0.717) is 0 Å². The molecule has 0 aromatic rings. The standard InChI is InChI=1S/C4H10ClO5P/c1-4(9-3-2-5)10-11(6,7)8/h4H,2-3H2,1H3,(H2,6,7,8). The molecule has 1 unspecified atom stereocenters. The first kappa shape index (κ1) is 11.4. The summed E-state index contributed by atoms with van der Waals surface area (Å²) in [5.74, 6) is 0.259. The quantitative estimate of drug-likeness (QED) is 0.392. The molecule has 68 valence electrons. The van der Waals surface area contributed by atoms with Gasteiger partial charge in [-0.15, -0.1) is 11.6 Å². The zero-order valence-corrected chi connectivity index (χ0v) is 7.59. The SMILES string of the molecule is CC(OCCCl)OP(=O)(O)O. The molecule has 0 radical (unpaired) electrons. The summed E-state index contributed by atoms with van der Waals surface area (Å²) >= 11 is 5.24. The van der Waals surface area contributed by atoms with Gasteiger partial charge < -0.3 is 14.5 Å². The fraction of sp³-hybridized carbons (Fsp3) is 1.00. The van der Waals surface area contributed by atoms with Crippen molar-refractivity contribution in [3.8, 4) is 0 Å².